The second-order valence-corrected chi connectivity index (χ2v) is 4.80. The van der Waals surface area contributed by atoms with Gasteiger partial charge in [0.15, 0.2) is 5.76 Å². The minimum Gasteiger partial charge on any atom is -0.459 e. The summed E-state index contributed by atoms with van der Waals surface area (Å²) < 4.78 is 5.11. The first-order valence-corrected chi connectivity index (χ1v) is 6.13. The predicted octanol–water partition coefficient (Wildman–Crippen LogP) is 1.22. The van der Waals surface area contributed by atoms with Crippen molar-refractivity contribution >= 4 is 11.8 Å². The van der Waals surface area contributed by atoms with Crippen LogP contribution in [0.15, 0.2) is 22.8 Å². The van der Waals surface area contributed by atoms with Gasteiger partial charge in [0.05, 0.1) is 12.2 Å². The van der Waals surface area contributed by atoms with Crippen molar-refractivity contribution < 1.29 is 14.0 Å². The number of hydrogen-bond donors (Lipinski definition) is 0. The maximum atomic E-state index is 12.1. The molecule has 1 aliphatic heterocycles. The fourth-order valence-electron chi connectivity index (χ4n) is 2.28. The van der Waals surface area contributed by atoms with Gasteiger partial charge >= 0.3 is 0 Å². The van der Waals surface area contributed by atoms with Crippen LogP contribution in [-0.4, -0.2) is 48.8 Å². The van der Waals surface area contributed by atoms with Gasteiger partial charge in [-0.1, -0.05) is 0 Å². The summed E-state index contributed by atoms with van der Waals surface area (Å²) in [5.41, 5.74) is 0. The van der Waals surface area contributed by atoms with Crippen molar-refractivity contribution in [2.45, 2.75) is 12.8 Å². The summed E-state index contributed by atoms with van der Waals surface area (Å²) in [7, 11) is 3.49. The highest BCUT2D eigenvalue weighted by atomic mass is 16.3. The number of carbonyl (C=O) groups excluding carboxylic acids is 2. The number of rotatable bonds is 2. The molecule has 0 saturated carbocycles. The summed E-state index contributed by atoms with van der Waals surface area (Å²) in [6.45, 7) is 1.17. The largest absolute Gasteiger partial charge is 0.459 e. The van der Waals surface area contributed by atoms with E-state index in [2.05, 4.69) is 0 Å². The van der Waals surface area contributed by atoms with E-state index in [1.54, 1.807) is 36.0 Å². The van der Waals surface area contributed by atoms with Gasteiger partial charge in [0.2, 0.25) is 5.91 Å². The number of carbonyl (C=O) groups is 2. The van der Waals surface area contributed by atoms with Crippen molar-refractivity contribution in [2.24, 2.45) is 5.92 Å². The van der Waals surface area contributed by atoms with Crippen molar-refractivity contribution in [1.29, 1.82) is 0 Å². The molecule has 0 spiro atoms. The summed E-state index contributed by atoms with van der Waals surface area (Å²) >= 11 is 0. The van der Waals surface area contributed by atoms with E-state index < -0.39 is 0 Å². The van der Waals surface area contributed by atoms with Crippen LogP contribution < -0.4 is 0 Å². The van der Waals surface area contributed by atoms with Crippen LogP contribution in [-0.2, 0) is 4.79 Å². The van der Waals surface area contributed by atoms with E-state index in [0.717, 1.165) is 12.8 Å². The molecule has 1 aliphatic rings. The first-order valence-electron chi connectivity index (χ1n) is 6.13. The van der Waals surface area contributed by atoms with E-state index in [9.17, 15) is 9.59 Å². The molecular formula is C13H18N2O3. The molecule has 0 radical (unpaired) electrons. The Kier molecular flexibility index (Phi) is 3.69. The van der Waals surface area contributed by atoms with Gasteiger partial charge in [-0.15, -0.1) is 0 Å². The topological polar surface area (TPSA) is 53.8 Å². The Morgan fingerprint density at radius 2 is 2.22 bits per heavy atom. The average Bonchev–Trinajstić information content (AvgIpc) is 2.91. The van der Waals surface area contributed by atoms with E-state index in [1.165, 1.54) is 6.26 Å². The number of nitrogens with zero attached hydrogens (tertiary/aromatic N) is 2. The molecule has 5 nitrogen and oxygen atoms in total. The average molecular weight is 250 g/mol. The predicted molar refractivity (Wildman–Crippen MR) is 66.0 cm³/mol. The van der Waals surface area contributed by atoms with Crippen LogP contribution in [0.2, 0.25) is 0 Å². The lowest BCUT2D eigenvalue weighted by molar-refractivity contribution is -0.134. The zero-order valence-corrected chi connectivity index (χ0v) is 10.8. The SMILES string of the molecule is CN(C)C(=O)C1CCCN(C(=O)c2ccco2)C1. The van der Waals surface area contributed by atoms with E-state index in [4.69, 9.17) is 4.42 Å². The fraction of sp³-hybridized carbons (Fsp3) is 0.538. The Morgan fingerprint density at radius 1 is 1.44 bits per heavy atom. The first-order chi connectivity index (χ1) is 8.59. The molecule has 2 heterocycles. The Balaban J connectivity index is 2.03. The van der Waals surface area contributed by atoms with E-state index in [1.807, 2.05) is 0 Å². The summed E-state index contributed by atoms with van der Waals surface area (Å²) in [6, 6.07) is 3.35. The lowest BCUT2D eigenvalue weighted by atomic mass is 9.96. The molecule has 1 aromatic heterocycles. The van der Waals surface area contributed by atoms with Crippen molar-refractivity contribution in [3.63, 3.8) is 0 Å². The van der Waals surface area contributed by atoms with Gasteiger partial charge in [-0.25, -0.2) is 0 Å². The molecule has 18 heavy (non-hydrogen) atoms. The fourth-order valence-corrected chi connectivity index (χ4v) is 2.28. The van der Waals surface area contributed by atoms with Gasteiger partial charge in [-0.2, -0.15) is 0 Å². The van der Waals surface area contributed by atoms with Crippen LogP contribution in [0.5, 0.6) is 0 Å². The number of amides is 2. The first kappa shape index (κ1) is 12.7. The normalized spacial score (nSPS) is 19.7. The van der Waals surface area contributed by atoms with Crippen LogP contribution in [0.4, 0.5) is 0 Å². The second kappa shape index (κ2) is 5.25. The minimum absolute atomic E-state index is 0.0898. The molecule has 0 aliphatic carbocycles. The Labute approximate surface area is 106 Å². The highest BCUT2D eigenvalue weighted by molar-refractivity contribution is 5.92. The third-order valence-corrected chi connectivity index (χ3v) is 3.23. The highest BCUT2D eigenvalue weighted by Crippen LogP contribution is 2.20. The second-order valence-electron chi connectivity index (χ2n) is 4.80. The Bertz CT molecular complexity index is 425. The van der Waals surface area contributed by atoms with Crippen LogP contribution in [0.1, 0.15) is 23.4 Å². The van der Waals surface area contributed by atoms with Crippen molar-refractivity contribution in [3.8, 4) is 0 Å². The maximum Gasteiger partial charge on any atom is 0.289 e. The van der Waals surface area contributed by atoms with E-state index >= 15 is 0 Å². The zero-order valence-electron chi connectivity index (χ0n) is 10.8. The molecule has 2 rings (SSSR count). The molecule has 5 heteroatoms. The molecule has 1 fully saturated rings. The highest BCUT2D eigenvalue weighted by Gasteiger charge is 2.30. The molecule has 1 unspecified atom stereocenters. The number of likely N-dealkylation sites (tertiary alicyclic amines) is 1. The summed E-state index contributed by atoms with van der Waals surface area (Å²) in [6.07, 6.45) is 3.19. The Morgan fingerprint density at radius 3 is 2.83 bits per heavy atom. The standard InChI is InChI=1S/C13H18N2O3/c1-14(2)12(16)10-5-3-7-15(9-10)13(17)11-6-4-8-18-11/h4,6,8,10H,3,5,7,9H2,1-2H3. The van der Waals surface area contributed by atoms with Crippen LogP contribution in [0, 0.1) is 5.92 Å². The summed E-state index contributed by atoms with van der Waals surface area (Å²) in [4.78, 5) is 27.3. The van der Waals surface area contributed by atoms with Crippen molar-refractivity contribution in [3.05, 3.63) is 24.2 Å². The van der Waals surface area contributed by atoms with Crippen LogP contribution in [0.25, 0.3) is 0 Å². The maximum absolute atomic E-state index is 12.1. The molecule has 2 amide bonds. The van der Waals surface area contributed by atoms with Crippen LogP contribution in [0.3, 0.4) is 0 Å². The smallest absolute Gasteiger partial charge is 0.289 e. The monoisotopic (exact) mass is 250 g/mol. The van der Waals surface area contributed by atoms with E-state index in [0.29, 0.717) is 18.8 Å². The molecule has 0 aromatic carbocycles. The van der Waals surface area contributed by atoms with Gasteiger partial charge in [0.1, 0.15) is 0 Å². The minimum atomic E-state index is -0.128. The number of furan rings is 1. The third kappa shape index (κ3) is 2.55. The lowest BCUT2D eigenvalue weighted by Crippen LogP contribution is -2.45. The van der Waals surface area contributed by atoms with Gasteiger partial charge < -0.3 is 14.2 Å². The molecule has 1 atom stereocenters. The van der Waals surface area contributed by atoms with Crippen molar-refractivity contribution in [2.75, 3.05) is 27.2 Å². The van der Waals surface area contributed by atoms with E-state index in [-0.39, 0.29) is 17.7 Å². The summed E-state index contributed by atoms with van der Waals surface area (Å²) in [5.74, 6) is 0.212. The third-order valence-electron chi connectivity index (χ3n) is 3.23. The summed E-state index contributed by atoms with van der Waals surface area (Å²) in [5, 5.41) is 0. The molecule has 1 aromatic rings. The van der Waals surface area contributed by atoms with Crippen LogP contribution >= 0.6 is 0 Å². The molecule has 0 bridgehead atoms. The van der Waals surface area contributed by atoms with Gasteiger partial charge in [-0.05, 0) is 25.0 Å². The lowest BCUT2D eigenvalue weighted by Gasteiger charge is -2.32. The van der Waals surface area contributed by atoms with Gasteiger partial charge in [0.25, 0.3) is 5.91 Å². The van der Waals surface area contributed by atoms with Gasteiger partial charge in [0, 0.05) is 27.2 Å². The van der Waals surface area contributed by atoms with Crippen molar-refractivity contribution in [1.82, 2.24) is 9.80 Å². The number of hydrogen-bond acceptors (Lipinski definition) is 3. The molecular weight excluding hydrogens is 232 g/mol. The van der Waals surface area contributed by atoms with Gasteiger partial charge in [-0.3, -0.25) is 9.59 Å². The molecule has 1 saturated heterocycles. The molecule has 98 valence electrons. The quantitative estimate of drug-likeness (QED) is 0.793. The number of piperidine rings is 1. The Hall–Kier alpha value is -1.78. The zero-order chi connectivity index (χ0) is 13.1. The molecule has 0 N–H and O–H groups in total.